The molecule has 0 aliphatic heterocycles. The van der Waals surface area contributed by atoms with Crippen LogP contribution in [0.1, 0.15) is 22.3 Å². The van der Waals surface area contributed by atoms with Crippen molar-refractivity contribution < 1.29 is 18.7 Å². The van der Waals surface area contributed by atoms with Gasteiger partial charge in [0.05, 0.1) is 24.8 Å². The summed E-state index contributed by atoms with van der Waals surface area (Å²) in [6.45, 7) is -0.314. The fourth-order valence-electron chi connectivity index (χ4n) is 2.02. The zero-order valence-corrected chi connectivity index (χ0v) is 11.9. The van der Waals surface area contributed by atoms with Crippen molar-refractivity contribution in [1.82, 2.24) is 20.3 Å². The molecule has 0 saturated carbocycles. The van der Waals surface area contributed by atoms with E-state index in [1.807, 2.05) is 0 Å². The predicted octanol–water partition coefficient (Wildman–Crippen LogP) is 1.46. The van der Waals surface area contributed by atoms with Crippen LogP contribution in [0.3, 0.4) is 0 Å². The number of benzene rings is 1. The third-order valence-electron chi connectivity index (χ3n) is 3.19. The first-order valence-electron chi connectivity index (χ1n) is 6.81. The van der Waals surface area contributed by atoms with Crippen LogP contribution in [0.15, 0.2) is 53.3 Å². The molecule has 0 radical (unpaired) electrons. The Labute approximate surface area is 130 Å². The number of halogens is 1. The lowest BCUT2D eigenvalue weighted by molar-refractivity contribution is 0.0902. The summed E-state index contributed by atoms with van der Waals surface area (Å²) < 4.78 is 19.4. The highest BCUT2D eigenvalue weighted by molar-refractivity contribution is 5.92. The molecular formula is C15H13FN4O3. The molecule has 2 N–H and O–H groups in total. The van der Waals surface area contributed by atoms with Gasteiger partial charge in [-0.25, -0.2) is 9.07 Å². The second-order valence-electron chi connectivity index (χ2n) is 4.75. The maximum atomic E-state index is 12.9. The highest BCUT2D eigenvalue weighted by atomic mass is 19.1. The topological polar surface area (TPSA) is 93.2 Å². The predicted molar refractivity (Wildman–Crippen MR) is 77.3 cm³/mol. The van der Waals surface area contributed by atoms with Crippen LogP contribution in [0.4, 0.5) is 4.39 Å². The summed E-state index contributed by atoms with van der Waals surface area (Å²) in [6.07, 6.45) is 2.87. The number of amides is 1. The lowest BCUT2D eigenvalue weighted by Gasteiger charge is -2.12. The largest absolute Gasteiger partial charge is 0.467 e. The van der Waals surface area contributed by atoms with E-state index >= 15 is 0 Å². The number of nitrogens with zero attached hydrogens (tertiary/aromatic N) is 3. The van der Waals surface area contributed by atoms with Gasteiger partial charge in [-0.05, 0) is 36.4 Å². The molecule has 1 unspecified atom stereocenters. The summed E-state index contributed by atoms with van der Waals surface area (Å²) in [7, 11) is 0. The molecule has 0 aliphatic rings. The van der Waals surface area contributed by atoms with E-state index in [0.717, 1.165) is 0 Å². The van der Waals surface area contributed by atoms with Crippen LogP contribution in [0.5, 0.6) is 0 Å². The number of aromatic nitrogens is 3. The van der Waals surface area contributed by atoms with Crippen molar-refractivity contribution in [2.75, 3.05) is 6.61 Å². The number of aliphatic hydroxyl groups excluding tert-OH is 1. The van der Waals surface area contributed by atoms with Gasteiger partial charge in [0.2, 0.25) is 0 Å². The number of hydrogen-bond acceptors (Lipinski definition) is 5. The van der Waals surface area contributed by atoms with E-state index in [0.29, 0.717) is 11.4 Å². The number of aliphatic hydroxyl groups is 1. The lowest BCUT2D eigenvalue weighted by atomic mass is 10.2. The van der Waals surface area contributed by atoms with E-state index in [9.17, 15) is 14.3 Å². The van der Waals surface area contributed by atoms with Gasteiger partial charge in [0.25, 0.3) is 5.91 Å². The van der Waals surface area contributed by atoms with E-state index in [4.69, 9.17) is 4.42 Å². The molecule has 23 heavy (non-hydrogen) atoms. The van der Waals surface area contributed by atoms with Gasteiger partial charge in [0, 0.05) is 0 Å². The highest BCUT2D eigenvalue weighted by Crippen LogP contribution is 2.14. The Kier molecular flexibility index (Phi) is 4.15. The van der Waals surface area contributed by atoms with Gasteiger partial charge in [0.1, 0.15) is 17.6 Å². The quantitative estimate of drug-likeness (QED) is 0.743. The summed E-state index contributed by atoms with van der Waals surface area (Å²) in [6, 6.07) is 8.25. The minimum absolute atomic E-state index is 0.0688. The molecule has 7 nitrogen and oxygen atoms in total. The first-order chi connectivity index (χ1) is 11.2. The summed E-state index contributed by atoms with van der Waals surface area (Å²) >= 11 is 0. The van der Waals surface area contributed by atoms with Crippen LogP contribution in [0.2, 0.25) is 0 Å². The number of rotatable bonds is 5. The van der Waals surface area contributed by atoms with Crippen LogP contribution in [0.25, 0.3) is 5.69 Å². The number of furan rings is 1. The normalized spacial score (nSPS) is 12.1. The monoisotopic (exact) mass is 316 g/mol. The van der Waals surface area contributed by atoms with E-state index < -0.39 is 11.9 Å². The van der Waals surface area contributed by atoms with Crippen molar-refractivity contribution in [3.05, 3.63) is 66.1 Å². The van der Waals surface area contributed by atoms with Crippen molar-refractivity contribution in [3.8, 4) is 5.69 Å². The lowest BCUT2D eigenvalue weighted by Crippen LogP contribution is -2.30. The minimum atomic E-state index is -0.673. The van der Waals surface area contributed by atoms with Crippen LogP contribution in [-0.2, 0) is 0 Å². The molecule has 0 aliphatic carbocycles. The fraction of sp³-hybridized carbons (Fsp3) is 0.133. The molecule has 1 amide bonds. The average Bonchev–Trinajstić information content (AvgIpc) is 3.24. The first kappa shape index (κ1) is 14.9. The number of carbonyl (C=O) groups excluding carboxylic acids is 1. The SMILES string of the molecule is O=C(NC(CO)c1ccco1)c1cn(-c2ccc(F)cc2)nn1. The maximum absolute atomic E-state index is 12.9. The molecule has 0 bridgehead atoms. The maximum Gasteiger partial charge on any atom is 0.274 e. The number of hydrogen-bond donors (Lipinski definition) is 2. The van der Waals surface area contributed by atoms with Crippen LogP contribution < -0.4 is 5.32 Å². The summed E-state index contributed by atoms with van der Waals surface area (Å²) in [4.78, 5) is 12.2. The zero-order chi connectivity index (χ0) is 16.2. The van der Waals surface area contributed by atoms with Crippen molar-refractivity contribution in [1.29, 1.82) is 0 Å². The van der Waals surface area contributed by atoms with E-state index in [1.54, 1.807) is 12.1 Å². The first-order valence-corrected chi connectivity index (χ1v) is 6.81. The van der Waals surface area contributed by atoms with Crippen molar-refractivity contribution in [2.45, 2.75) is 6.04 Å². The summed E-state index contributed by atoms with van der Waals surface area (Å²) in [5.41, 5.74) is 0.641. The Hall–Kier alpha value is -3.00. The second-order valence-corrected chi connectivity index (χ2v) is 4.75. The van der Waals surface area contributed by atoms with E-state index in [2.05, 4.69) is 15.6 Å². The third kappa shape index (κ3) is 3.27. The van der Waals surface area contributed by atoms with Crippen LogP contribution >= 0.6 is 0 Å². The molecule has 8 heteroatoms. The van der Waals surface area contributed by atoms with Gasteiger partial charge in [-0.3, -0.25) is 4.79 Å². The number of nitrogens with one attached hydrogen (secondary N) is 1. The zero-order valence-electron chi connectivity index (χ0n) is 11.9. The van der Waals surface area contributed by atoms with Gasteiger partial charge < -0.3 is 14.8 Å². The fourth-order valence-corrected chi connectivity index (χ4v) is 2.02. The van der Waals surface area contributed by atoms with Crippen molar-refractivity contribution >= 4 is 5.91 Å². The van der Waals surface area contributed by atoms with Gasteiger partial charge in [-0.15, -0.1) is 5.10 Å². The molecule has 3 rings (SSSR count). The molecule has 1 atom stereocenters. The third-order valence-corrected chi connectivity index (χ3v) is 3.19. The Morgan fingerprint density at radius 3 is 2.78 bits per heavy atom. The molecule has 0 fully saturated rings. The van der Waals surface area contributed by atoms with E-state index in [1.165, 1.54) is 41.4 Å². The Morgan fingerprint density at radius 2 is 2.13 bits per heavy atom. The number of carbonyl (C=O) groups is 1. The molecule has 3 aromatic rings. The molecule has 2 aromatic heterocycles. The van der Waals surface area contributed by atoms with Gasteiger partial charge in [0.15, 0.2) is 5.69 Å². The summed E-state index contributed by atoms with van der Waals surface area (Å²) in [5.74, 6) is -0.434. The van der Waals surface area contributed by atoms with Crippen LogP contribution in [-0.4, -0.2) is 32.6 Å². The molecule has 0 spiro atoms. The summed E-state index contributed by atoms with van der Waals surface area (Å²) in [5, 5.41) is 19.6. The van der Waals surface area contributed by atoms with Gasteiger partial charge in [-0.1, -0.05) is 5.21 Å². The molecular weight excluding hydrogens is 303 g/mol. The molecule has 1 aromatic carbocycles. The Balaban J connectivity index is 1.74. The van der Waals surface area contributed by atoms with Gasteiger partial charge in [-0.2, -0.15) is 0 Å². The second kappa shape index (κ2) is 6.41. The van der Waals surface area contributed by atoms with Gasteiger partial charge >= 0.3 is 0 Å². The molecule has 118 valence electrons. The van der Waals surface area contributed by atoms with Crippen molar-refractivity contribution in [2.24, 2.45) is 0 Å². The van der Waals surface area contributed by atoms with Crippen molar-refractivity contribution in [3.63, 3.8) is 0 Å². The Bertz CT molecular complexity index is 783. The highest BCUT2D eigenvalue weighted by Gasteiger charge is 2.19. The average molecular weight is 316 g/mol. The van der Waals surface area contributed by atoms with Crippen LogP contribution in [0, 0.1) is 5.82 Å². The van der Waals surface area contributed by atoms with E-state index in [-0.39, 0.29) is 18.1 Å². The molecule has 0 saturated heterocycles. The smallest absolute Gasteiger partial charge is 0.274 e. The Morgan fingerprint density at radius 1 is 1.35 bits per heavy atom. The standard InChI is InChI=1S/C15H13FN4O3/c16-10-3-5-11(6-4-10)20-8-12(18-19-20)15(22)17-13(9-21)14-2-1-7-23-14/h1-8,13,21H,9H2,(H,17,22). The molecule has 2 heterocycles. The minimum Gasteiger partial charge on any atom is -0.467 e.